The molecular weight excluding hydrogens is 256 g/mol. The molecule has 1 amide bonds. The molecule has 1 fully saturated rings. The van der Waals surface area contributed by atoms with E-state index in [-0.39, 0.29) is 11.9 Å². The Balaban J connectivity index is 2.14. The van der Waals surface area contributed by atoms with Crippen LogP contribution in [0.5, 0.6) is 0 Å². The molecule has 2 rings (SSSR count). The number of hydrogen-bond donors (Lipinski definition) is 1. The Morgan fingerprint density at radius 1 is 1.53 bits per heavy atom. The molecule has 1 saturated heterocycles. The normalized spacial score (nSPS) is 20.7. The highest BCUT2D eigenvalue weighted by Gasteiger charge is 2.24. The van der Waals surface area contributed by atoms with Gasteiger partial charge in [-0.3, -0.25) is 4.79 Å². The number of carbonyl (C=O) groups is 1. The minimum absolute atomic E-state index is 0.0734. The number of hydrogen-bond acceptors (Lipinski definition) is 2. The zero-order valence-electron chi connectivity index (χ0n) is 8.32. The molecule has 2 N–H and O–H groups in total. The van der Waals surface area contributed by atoms with Crippen molar-refractivity contribution < 1.29 is 4.79 Å². The van der Waals surface area contributed by atoms with E-state index in [1.165, 1.54) is 0 Å². The van der Waals surface area contributed by atoms with Crippen molar-refractivity contribution >= 4 is 21.8 Å². The number of rotatable bonds is 1. The van der Waals surface area contributed by atoms with E-state index < -0.39 is 0 Å². The maximum atomic E-state index is 12.0. The Hall–Kier alpha value is -0.870. The summed E-state index contributed by atoms with van der Waals surface area (Å²) in [6.07, 6.45) is 0.903. The van der Waals surface area contributed by atoms with Crippen LogP contribution in [0.4, 0.5) is 0 Å². The molecule has 1 aromatic carbocycles. The van der Waals surface area contributed by atoms with Crippen molar-refractivity contribution in [2.45, 2.75) is 12.5 Å². The first-order valence-electron chi connectivity index (χ1n) is 4.97. The molecule has 15 heavy (non-hydrogen) atoms. The van der Waals surface area contributed by atoms with Gasteiger partial charge in [0.1, 0.15) is 0 Å². The second-order valence-corrected chi connectivity index (χ2v) is 4.73. The number of halogens is 1. The van der Waals surface area contributed by atoms with E-state index in [2.05, 4.69) is 15.9 Å². The molecule has 0 aliphatic carbocycles. The van der Waals surface area contributed by atoms with E-state index in [0.717, 1.165) is 23.0 Å². The summed E-state index contributed by atoms with van der Waals surface area (Å²) in [5.41, 5.74) is 6.49. The van der Waals surface area contributed by atoms with Gasteiger partial charge in [-0.15, -0.1) is 0 Å². The lowest BCUT2D eigenvalue weighted by Gasteiger charge is -2.15. The Morgan fingerprint density at radius 3 is 2.93 bits per heavy atom. The van der Waals surface area contributed by atoms with Crippen molar-refractivity contribution in [3.63, 3.8) is 0 Å². The smallest absolute Gasteiger partial charge is 0.253 e. The molecular formula is C11H13BrN2O. The maximum absolute atomic E-state index is 12.0. The second kappa shape index (κ2) is 4.33. The number of amides is 1. The minimum atomic E-state index is 0.0734. The van der Waals surface area contributed by atoms with Gasteiger partial charge in [-0.2, -0.15) is 0 Å². The quantitative estimate of drug-likeness (QED) is 0.842. The highest BCUT2D eigenvalue weighted by molar-refractivity contribution is 9.10. The first-order valence-corrected chi connectivity index (χ1v) is 5.76. The molecule has 1 aliphatic heterocycles. The average molecular weight is 269 g/mol. The zero-order valence-corrected chi connectivity index (χ0v) is 9.90. The summed E-state index contributed by atoms with van der Waals surface area (Å²) in [4.78, 5) is 13.8. The van der Waals surface area contributed by atoms with Crippen molar-refractivity contribution in [3.05, 3.63) is 34.3 Å². The topological polar surface area (TPSA) is 46.3 Å². The van der Waals surface area contributed by atoms with Crippen LogP contribution in [0.2, 0.25) is 0 Å². The molecule has 1 aromatic rings. The van der Waals surface area contributed by atoms with Crippen LogP contribution in [0.1, 0.15) is 16.8 Å². The van der Waals surface area contributed by atoms with Gasteiger partial charge in [-0.05, 0) is 24.6 Å². The van der Waals surface area contributed by atoms with Crippen LogP contribution in [-0.4, -0.2) is 29.9 Å². The predicted octanol–water partition coefficient (Wildman–Crippen LogP) is 1.62. The summed E-state index contributed by atoms with van der Waals surface area (Å²) in [6.45, 7) is 1.44. The first kappa shape index (κ1) is 10.6. The minimum Gasteiger partial charge on any atom is -0.337 e. The van der Waals surface area contributed by atoms with Gasteiger partial charge in [-0.1, -0.05) is 22.0 Å². The van der Waals surface area contributed by atoms with Gasteiger partial charge in [-0.25, -0.2) is 0 Å². The number of nitrogens with zero attached hydrogens (tertiary/aromatic N) is 1. The van der Waals surface area contributed by atoms with Gasteiger partial charge in [0.05, 0.1) is 0 Å². The van der Waals surface area contributed by atoms with Gasteiger partial charge < -0.3 is 10.6 Å². The fourth-order valence-electron chi connectivity index (χ4n) is 1.78. The summed E-state index contributed by atoms with van der Waals surface area (Å²) >= 11 is 3.36. The van der Waals surface area contributed by atoms with Crippen molar-refractivity contribution in [3.8, 4) is 0 Å². The molecule has 0 bridgehead atoms. The Morgan fingerprint density at radius 2 is 2.33 bits per heavy atom. The van der Waals surface area contributed by atoms with Crippen LogP contribution in [0.15, 0.2) is 28.7 Å². The van der Waals surface area contributed by atoms with Gasteiger partial charge >= 0.3 is 0 Å². The standard InChI is InChI=1S/C11H13BrN2O/c12-9-3-1-2-8(6-9)11(15)14-5-4-10(13)7-14/h1-3,6,10H,4-5,7,13H2/t10-/m1/s1. The summed E-state index contributed by atoms with van der Waals surface area (Å²) in [5.74, 6) is 0.0734. The second-order valence-electron chi connectivity index (χ2n) is 3.81. The zero-order chi connectivity index (χ0) is 10.8. The highest BCUT2D eigenvalue weighted by atomic mass is 79.9. The van der Waals surface area contributed by atoms with Crippen LogP contribution in [0, 0.1) is 0 Å². The van der Waals surface area contributed by atoms with Crippen LogP contribution >= 0.6 is 15.9 Å². The van der Waals surface area contributed by atoms with Crippen molar-refractivity contribution in [1.82, 2.24) is 4.90 Å². The third-order valence-corrected chi connectivity index (χ3v) is 3.08. The highest BCUT2D eigenvalue weighted by Crippen LogP contribution is 2.16. The van der Waals surface area contributed by atoms with E-state index in [4.69, 9.17) is 5.73 Å². The molecule has 0 radical (unpaired) electrons. The van der Waals surface area contributed by atoms with Gasteiger partial charge in [0, 0.05) is 29.2 Å². The van der Waals surface area contributed by atoms with Gasteiger partial charge in [0.25, 0.3) is 5.91 Å². The van der Waals surface area contributed by atoms with E-state index >= 15 is 0 Å². The molecule has 1 atom stereocenters. The molecule has 0 spiro atoms. The van der Waals surface area contributed by atoms with Gasteiger partial charge in [0.2, 0.25) is 0 Å². The first-order chi connectivity index (χ1) is 7.16. The molecule has 4 heteroatoms. The van der Waals surface area contributed by atoms with E-state index in [1.54, 1.807) is 0 Å². The average Bonchev–Trinajstić information content (AvgIpc) is 2.64. The lowest BCUT2D eigenvalue weighted by Crippen LogP contribution is -2.31. The SMILES string of the molecule is N[C@@H]1CCN(C(=O)c2cccc(Br)c2)C1. The molecule has 3 nitrogen and oxygen atoms in total. The summed E-state index contributed by atoms with van der Waals surface area (Å²) in [5, 5.41) is 0. The maximum Gasteiger partial charge on any atom is 0.253 e. The van der Waals surface area contributed by atoms with Crippen molar-refractivity contribution in [2.75, 3.05) is 13.1 Å². The molecule has 1 aliphatic rings. The lowest BCUT2D eigenvalue weighted by atomic mass is 10.2. The van der Waals surface area contributed by atoms with Crippen LogP contribution in [-0.2, 0) is 0 Å². The number of likely N-dealkylation sites (tertiary alicyclic amines) is 1. The summed E-state index contributed by atoms with van der Waals surface area (Å²) in [6, 6.07) is 7.59. The van der Waals surface area contributed by atoms with Crippen molar-refractivity contribution in [2.24, 2.45) is 5.73 Å². The van der Waals surface area contributed by atoms with E-state index in [9.17, 15) is 4.79 Å². The Kier molecular flexibility index (Phi) is 3.07. The van der Waals surface area contributed by atoms with Crippen LogP contribution in [0.3, 0.4) is 0 Å². The van der Waals surface area contributed by atoms with E-state index in [1.807, 2.05) is 29.2 Å². The summed E-state index contributed by atoms with van der Waals surface area (Å²) < 4.78 is 0.928. The molecule has 0 aromatic heterocycles. The number of carbonyl (C=O) groups excluding carboxylic acids is 1. The van der Waals surface area contributed by atoms with Crippen molar-refractivity contribution in [1.29, 1.82) is 0 Å². The molecule has 0 unspecified atom stereocenters. The fourth-order valence-corrected chi connectivity index (χ4v) is 2.18. The molecule has 0 saturated carbocycles. The largest absolute Gasteiger partial charge is 0.337 e. The Bertz CT molecular complexity index is 381. The lowest BCUT2D eigenvalue weighted by molar-refractivity contribution is 0.0791. The number of benzene rings is 1. The summed E-state index contributed by atoms with van der Waals surface area (Å²) in [7, 11) is 0. The van der Waals surface area contributed by atoms with Crippen LogP contribution < -0.4 is 5.73 Å². The third-order valence-electron chi connectivity index (χ3n) is 2.58. The Labute approximate surface area is 97.4 Å². The van der Waals surface area contributed by atoms with E-state index in [0.29, 0.717) is 6.54 Å². The monoisotopic (exact) mass is 268 g/mol. The van der Waals surface area contributed by atoms with Crippen LogP contribution in [0.25, 0.3) is 0 Å². The fraction of sp³-hybridized carbons (Fsp3) is 0.364. The third kappa shape index (κ3) is 2.38. The molecule has 80 valence electrons. The molecule has 1 heterocycles. The predicted molar refractivity (Wildman–Crippen MR) is 62.6 cm³/mol. The van der Waals surface area contributed by atoms with Gasteiger partial charge in [0.15, 0.2) is 0 Å². The number of nitrogens with two attached hydrogens (primary N) is 1.